The Morgan fingerprint density at radius 2 is 2.14 bits per heavy atom. The van der Waals surface area contributed by atoms with Gasteiger partial charge in [-0.15, -0.1) is 0 Å². The smallest absolute Gasteiger partial charge is 0.268 e. The number of pyridine rings is 1. The first-order valence-corrected chi connectivity index (χ1v) is 7.25. The van der Waals surface area contributed by atoms with E-state index in [1.807, 2.05) is 6.92 Å². The van der Waals surface area contributed by atoms with E-state index in [1.165, 1.54) is 16.7 Å². The number of amides is 1. The fourth-order valence-electron chi connectivity index (χ4n) is 2.49. The van der Waals surface area contributed by atoms with E-state index >= 15 is 0 Å². The van der Waals surface area contributed by atoms with Crippen LogP contribution >= 0.6 is 0 Å². The summed E-state index contributed by atoms with van der Waals surface area (Å²) in [6, 6.07) is 5.83. The first-order valence-electron chi connectivity index (χ1n) is 7.25. The summed E-state index contributed by atoms with van der Waals surface area (Å²) >= 11 is 0. The standard InChI is InChI=1S/C16H17FN2O2/c1-2-7-18-15(20)14-8-10-3-4-11(17)9-13(10)16(21)19(14)12-5-6-12/h3-4,8-9,12H,2,5-7H2,1H3,(H,18,20). The van der Waals surface area contributed by atoms with Crippen molar-refractivity contribution in [3.63, 3.8) is 0 Å². The molecule has 4 nitrogen and oxygen atoms in total. The number of carbonyl (C=O) groups excluding carboxylic acids is 1. The number of hydrogen-bond acceptors (Lipinski definition) is 2. The molecule has 1 saturated carbocycles. The van der Waals surface area contributed by atoms with Gasteiger partial charge in [0.2, 0.25) is 0 Å². The number of nitrogens with one attached hydrogen (secondary N) is 1. The Bertz CT molecular complexity index is 763. The minimum atomic E-state index is -0.440. The van der Waals surface area contributed by atoms with Crippen LogP contribution in [0.1, 0.15) is 42.7 Å². The second-order valence-electron chi connectivity index (χ2n) is 5.42. The molecule has 1 fully saturated rings. The molecule has 1 amide bonds. The third-order valence-corrected chi connectivity index (χ3v) is 3.70. The van der Waals surface area contributed by atoms with Crippen LogP contribution in [0.15, 0.2) is 29.1 Å². The highest BCUT2D eigenvalue weighted by Gasteiger charge is 2.29. The van der Waals surface area contributed by atoms with Gasteiger partial charge < -0.3 is 9.88 Å². The molecule has 1 N–H and O–H groups in total. The lowest BCUT2D eigenvalue weighted by Crippen LogP contribution is -2.32. The van der Waals surface area contributed by atoms with Crippen molar-refractivity contribution in [2.75, 3.05) is 6.54 Å². The second-order valence-corrected chi connectivity index (χ2v) is 5.42. The zero-order chi connectivity index (χ0) is 15.0. The number of carbonyl (C=O) groups is 1. The molecule has 1 aliphatic carbocycles. The minimum Gasteiger partial charge on any atom is -0.351 e. The van der Waals surface area contributed by atoms with Gasteiger partial charge >= 0.3 is 0 Å². The first-order chi connectivity index (χ1) is 10.1. The maximum Gasteiger partial charge on any atom is 0.268 e. The quantitative estimate of drug-likeness (QED) is 0.940. The van der Waals surface area contributed by atoms with Crippen molar-refractivity contribution in [2.24, 2.45) is 0 Å². The molecule has 0 aliphatic heterocycles. The van der Waals surface area contributed by atoms with Crippen LogP contribution in [0.25, 0.3) is 10.8 Å². The van der Waals surface area contributed by atoms with Crippen LogP contribution in [0.3, 0.4) is 0 Å². The van der Waals surface area contributed by atoms with Crippen molar-refractivity contribution in [3.8, 4) is 0 Å². The summed E-state index contributed by atoms with van der Waals surface area (Å²) in [4.78, 5) is 24.9. The van der Waals surface area contributed by atoms with Gasteiger partial charge in [0.05, 0.1) is 5.39 Å². The number of nitrogens with zero attached hydrogens (tertiary/aromatic N) is 1. The molecule has 0 saturated heterocycles. The number of aromatic nitrogens is 1. The summed E-state index contributed by atoms with van der Waals surface area (Å²) < 4.78 is 14.9. The van der Waals surface area contributed by atoms with Crippen LogP contribution in [0.5, 0.6) is 0 Å². The summed E-state index contributed by atoms with van der Waals surface area (Å²) in [5.74, 6) is -0.683. The van der Waals surface area contributed by atoms with E-state index in [9.17, 15) is 14.0 Å². The molecule has 1 aromatic heterocycles. The molecule has 0 bridgehead atoms. The molecule has 1 heterocycles. The molecule has 1 aromatic carbocycles. The van der Waals surface area contributed by atoms with E-state index in [4.69, 9.17) is 0 Å². The predicted molar refractivity (Wildman–Crippen MR) is 79.1 cm³/mol. The van der Waals surface area contributed by atoms with Gasteiger partial charge in [0, 0.05) is 12.6 Å². The maximum atomic E-state index is 13.4. The van der Waals surface area contributed by atoms with Crippen molar-refractivity contribution in [1.82, 2.24) is 9.88 Å². The minimum absolute atomic E-state index is 0.0625. The molecule has 21 heavy (non-hydrogen) atoms. The SMILES string of the molecule is CCCNC(=O)c1cc2ccc(F)cc2c(=O)n1C1CC1. The van der Waals surface area contributed by atoms with Gasteiger partial charge in [-0.05, 0) is 42.8 Å². The lowest BCUT2D eigenvalue weighted by Gasteiger charge is -2.13. The topological polar surface area (TPSA) is 51.1 Å². The Balaban J connectivity index is 2.18. The maximum absolute atomic E-state index is 13.4. The Labute approximate surface area is 121 Å². The molecular formula is C16H17FN2O2. The Kier molecular flexibility index (Phi) is 3.49. The summed E-state index contributed by atoms with van der Waals surface area (Å²) in [5.41, 5.74) is 0.0891. The highest BCUT2D eigenvalue weighted by atomic mass is 19.1. The highest BCUT2D eigenvalue weighted by molar-refractivity contribution is 5.96. The Hall–Kier alpha value is -2.17. The molecule has 0 unspecified atom stereocenters. The number of halogens is 1. The van der Waals surface area contributed by atoms with E-state index in [-0.39, 0.29) is 17.5 Å². The zero-order valence-corrected chi connectivity index (χ0v) is 11.9. The van der Waals surface area contributed by atoms with Crippen LogP contribution in [0, 0.1) is 5.82 Å². The fourth-order valence-corrected chi connectivity index (χ4v) is 2.49. The Morgan fingerprint density at radius 3 is 2.81 bits per heavy atom. The molecule has 0 radical (unpaired) electrons. The van der Waals surface area contributed by atoms with Gasteiger partial charge in [-0.1, -0.05) is 13.0 Å². The molecule has 110 valence electrons. The van der Waals surface area contributed by atoms with Gasteiger partial charge in [-0.3, -0.25) is 9.59 Å². The van der Waals surface area contributed by atoms with Gasteiger partial charge in [0.1, 0.15) is 11.5 Å². The molecule has 3 rings (SSSR count). The van der Waals surface area contributed by atoms with Gasteiger partial charge in [0.15, 0.2) is 0 Å². The lowest BCUT2D eigenvalue weighted by atomic mass is 10.1. The number of rotatable bonds is 4. The molecule has 5 heteroatoms. The van der Waals surface area contributed by atoms with Crippen LogP contribution < -0.4 is 10.9 Å². The van der Waals surface area contributed by atoms with Crippen LogP contribution in [-0.4, -0.2) is 17.0 Å². The van der Waals surface area contributed by atoms with E-state index in [0.29, 0.717) is 23.0 Å². The summed E-state index contributed by atoms with van der Waals surface area (Å²) in [6.07, 6.45) is 2.60. The number of benzene rings is 1. The van der Waals surface area contributed by atoms with E-state index in [1.54, 1.807) is 12.1 Å². The third-order valence-electron chi connectivity index (χ3n) is 3.70. The second kappa shape index (κ2) is 5.31. The molecule has 0 atom stereocenters. The van der Waals surface area contributed by atoms with Crippen molar-refractivity contribution in [1.29, 1.82) is 0 Å². The lowest BCUT2D eigenvalue weighted by molar-refractivity contribution is 0.0943. The molecule has 0 spiro atoms. The summed E-state index contributed by atoms with van der Waals surface area (Å²) in [7, 11) is 0. The van der Waals surface area contributed by atoms with Crippen LogP contribution in [0.2, 0.25) is 0 Å². The van der Waals surface area contributed by atoms with Crippen LogP contribution in [-0.2, 0) is 0 Å². The summed E-state index contributed by atoms with van der Waals surface area (Å²) in [5, 5.41) is 3.73. The average molecular weight is 288 g/mol. The van der Waals surface area contributed by atoms with E-state index < -0.39 is 5.82 Å². The Morgan fingerprint density at radius 1 is 1.38 bits per heavy atom. The van der Waals surface area contributed by atoms with E-state index in [2.05, 4.69) is 5.32 Å². The van der Waals surface area contributed by atoms with Crippen molar-refractivity contribution >= 4 is 16.7 Å². The zero-order valence-electron chi connectivity index (χ0n) is 11.9. The van der Waals surface area contributed by atoms with Crippen molar-refractivity contribution in [3.05, 3.63) is 46.1 Å². The average Bonchev–Trinajstić information content (AvgIpc) is 3.29. The van der Waals surface area contributed by atoms with E-state index in [0.717, 1.165) is 19.3 Å². The van der Waals surface area contributed by atoms with Gasteiger partial charge in [-0.25, -0.2) is 4.39 Å². The largest absolute Gasteiger partial charge is 0.351 e. The monoisotopic (exact) mass is 288 g/mol. The summed E-state index contributed by atoms with van der Waals surface area (Å²) in [6.45, 7) is 2.54. The number of fused-ring (bicyclic) bond motifs is 1. The fraction of sp³-hybridized carbons (Fsp3) is 0.375. The highest BCUT2D eigenvalue weighted by Crippen LogP contribution is 2.35. The molecule has 1 aliphatic rings. The predicted octanol–water partition coefficient (Wildman–Crippen LogP) is 2.62. The third kappa shape index (κ3) is 2.55. The van der Waals surface area contributed by atoms with Crippen LogP contribution in [0.4, 0.5) is 4.39 Å². The van der Waals surface area contributed by atoms with Crippen molar-refractivity contribution < 1.29 is 9.18 Å². The van der Waals surface area contributed by atoms with Gasteiger partial charge in [-0.2, -0.15) is 0 Å². The van der Waals surface area contributed by atoms with Crippen molar-refractivity contribution in [2.45, 2.75) is 32.2 Å². The normalized spacial score (nSPS) is 14.4. The first kappa shape index (κ1) is 13.8. The number of hydrogen-bond donors (Lipinski definition) is 1. The molecule has 2 aromatic rings. The van der Waals surface area contributed by atoms with Gasteiger partial charge in [0.25, 0.3) is 11.5 Å². The molecular weight excluding hydrogens is 271 g/mol.